The number of primary amides is 1. The topological polar surface area (TPSA) is 169 Å². The molecule has 40 heavy (non-hydrogen) atoms. The predicted octanol–water partition coefficient (Wildman–Crippen LogP) is 0.963. The third-order valence-electron chi connectivity index (χ3n) is 6.41. The zero-order chi connectivity index (χ0) is 28.7. The number of ether oxygens (including phenoxy) is 1. The summed E-state index contributed by atoms with van der Waals surface area (Å²) >= 11 is 0. The number of aryl methyl sites for hydroxylation is 1. The van der Waals surface area contributed by atoms with Crippen LogP contribution in [0.3, 0.4) is 0 Å². The van der Waals surface area contributed by atoms with Crippen LogP contribution in [0, 0.1) is 0 Å². The van der Waals surface area contributed by atoms with E-state index in [-0.39, 0.29) is 44.4 Å². The van der Waals surface area contributed by atoms with Crippen molar-refractivity contribution < 1.29 is 28.7 Å². The van der Waals surface area contributed by atoms with Gasteiger partial charge in [0.1, 0.15) is 17.8 Å². The Labute approximate surface area is 233 Å². The minimum Gasteiger partial charge on any atom is -0.493 e. The number of hydrogen-bond donors (Lipinski definition) is 5. The fourth-order valence-electron chi connectivity index (χ4n) is 4.24. The first-order valence-electron chi connectivity index (χ1n) is 13.5. The molecule has 0 radical (unpaired) electrons. The van der Waals surface area contributed by atoms with Gasteiger partial charge in [0.15, 0.2) is 0 Å². The average Bonchev–Trinajstić information content (AvgIpc) is 2.95. The van der Waals surface area contributed by atoms with Gasteiger partial charge in [-0.15, -0.1) is 0 Å². The van der Waals surface area contributed by atoms with Crippen LogP contribution >= 0.6 is 0 Å². The van der Waals surface area contributed by atoms with E-state index in [0.717, 1.165) is 12.0 Å². The van der Waals surface area contributed by atoms with Crippen LogP contribution in [0.2, 0.25) is 0 Å². The van der Waals surface area contributed by atoms with Crippen molar-refractivity contribution in [2.45, 2.75) is 57.0 Å². The maximum Gasteiger partial charge on any atom is 0.255 e. The molecule has 214 valence electrons. The molecule has 0 saturated carbocycles. The van der Waals surface area contributed by atoms with Crippen LogP contribution in [0.15, 0.2) is 54.6 Å². The molecule has 0 bridgehead atoms. The number of nitrogens with one attached hydrogen (secondary N) is 4. The Bertz CT molecular complexity index is 1170. The normalized spacial score (nSPS) is 18.8. The quantitative estimate of drug-likeness (QED) is 0.306. The molecular weight excluding hydrogens is 514 g/mol. The fraction of sp³-hybridized carbons (Fsp3) is 0.414. The highest BCUT2D eigenvalue weighted by molar-refractivity contribution is 5.99. The molecule has 0 spiro atoms. The minimum atomic E-state index is -1.01. The number of carbonyl (C=O) groups is 5. The van der Waals surface area contributed by atoms with E-state index >= 15 is 0 Å². The van der Waals surface area contributed by atoms with Gasteiger partial charge in [-0.1, -0.05) is 42.5 Å². The van der Waals surface area contributed by atoms with E-state index in [9.17, 15) is 24.0 Å². The molecular formula is C29H37N5O6. The molecule has 11 nitrogen and oxygen atoms in total. The molecule has 0 aliphatic carbocycles. The minimum absolute atomic E-state index is 0.00469. The van der Waals surface area contributed by atoms with Gasteiger partial charge in [0.25, 0.3) is 5.91 Å². The van der Waals surface area contributed by atoms with Gasteiger partial charge in [0.2, 0.25) is 23.6 Å². The Morgan fingerprint density at radius 1 is 1.00 bits per heavy atom. The largest absolute Gasteiger partial charge is 0.493 e. The van der Waals surface area contributed by atoms with Crippen molar-refractivity contribution in [1.29, 1.82) is 0 Å². The summed E-state index contributed by atoms with van der Waals surface area (Å²) in [4.78, 5) is 63.0. The predicted molar refractivity (Wildman–Crippen MR) is 148 cm³/mol. The first-order valence-corrected chi connectivity index (χ1v) is 13.5. The van der Waals surface area contributed by atoms with E-state index in [1.807, 2.05) is 30.3 Å². The molecule has 6 N–H and O–H groups in total. The molecule has 0 saturated heterocycles. The van der Waals surface area contributed by atoms with Crippen LogP contribution in [0.1, 0.15) is 54.4 Å². The lowest BCUT2D eigenvalue weighted by Gasteiger charge is -2.22. The summed E-state index contributed by atoms with van der Waals surface area (Å²) < 4.78 is 5.79. The zero-order valence-corrected chi connectivity index (χ0v) is 22.4. The Hall–Kier alpha value is -4.41. The fourth-order valence-corrected chi connectivity index (χ4v) is 4.24. The van der Waals surface area contributed by atoms with E-state index in [1.54, 1.807) is 24.3 Å². The number of hydrogen-bond acceptors (Lipinski definition) is 6. The van der Waals surface area contributed by atoms with Crippen molar-refractivity contribution in [1.82, 2.24) is 21.3 Å². The number of fused-ring (bicyclic) bond motifs is 1. The highest BCUT2D eigenvalue weighted by atomic mass is 16.5. The number of para-hydroxylation sites is 1. The van der Waals surface area contributed by atoms with Gasteiger partial charge in [-0.25, -0.2) is 0 Å². The second-order valence-corrected chi connectivity index (χ2v) is 9.56. The lowest BCUT2D eigenvalue weighted by Crippen LogP contribution is -2.49. The molecule has 2 aromatic rings. The molecule has 3 rings (SSSR count). The Balaban J connectivity index is 1.72. The van der Waals surface area contributed by atoms with E-state index in [0.29, 0.717) is 25.1 Å². The molecule has 1 aliphatic heterocycles. The summed E-state index contributed by atoms with van der Waals surface area (Å²) in [7, 11) is 0. The number of carbonyl (C=O) groups excluding carboxylic acids is 5. The van der Waals surface area contributed by atoms with Gasteiger partial charge < -0.3 is 31.7 Å². The van der Waals surface area contributed by atoms with Crippen LogP contribution in [-0.2, 0) is 25.6 Å². The van der Waals surface area contributed by atoms with Gasteiger partial charge in [-0.05, 0) is 49.8 Å². The van der Waals surface area contributed by atoms with Crippen molar-refractivity contribution in [2.24, 2.45) is 5.73 Å². The van der Waals surface area contributed by atoms with E-state index in [2.05, 4.69) is 21.3 Å². The average molecular weight is 552 g/mol. The second-order valence-electron chi connectivity index (χ2n) is 9.56. The van der Waals surface area contributed by atoms with Crippen LogP contribution in [-0.4, -0.2) is 61.3 Å². The van der Waals surface area contributed by atoms with E-state index < -0.39 is 41.6 Å². The van der Waals surface area contributed by atoms with Crippen molar-refractivity contribution in [3.8, 4) is 5.75 Å². The van der Waals surface area contributed by atoms with Gasteiger partial charge in [-0.3, -0.25) is 24.0 Å². The second kappa shape index (κ2) is 15.9. The molecule has 1 aliphatic rings. The SMILES string of the molecule is NC(=O)CCC1NC(=O)CC[C@@H](C(=O)NCCCc2ccccc2)NC(=O)c2ccccc2OCCCNC1=O. The summed E-state index contributed by atoms with van der Waals surface area (Å²) in [6.45, 7) is 0.873. The third kappa shape index (κ3) is 10.0. The van der Waals surface area contributed by atoms with Gasteiger partial charge in [-0.2, -0.15) is 0 Å². The standard InChI is InChI=1S/C29H37N5O6/c30-25(35)15-13-22-28(38)32-18-7-19-40-24-12-5-4-11-21(24)27(37)34-23(14-16-26(36)33-22)29(39)31-17-6-10-20-8-2-1-3-9-20/h1-5,8-9,11-12,22-23H,6-7,10,13-19H2,(H2,30,35)(H,31,39)(H,32,38)(H,33,36)(H,34,37)/t22?,23-/m0/s1. The molecule has 2 aromatic carbocycles. The summed E-state index contributed by atoms with van der Waals surface area (Å²) in [5.74, 6) is -2.10. The number of amides is 5. The maximum absolute atomic E-state index is 13.2. The van der Waals surface area contributed by atoms with Crippen molar-refractivity contribution >= 4 is 29.5 Å². The summed E-state index contributed by atoms with van der Waals surface area (Å²) in [6, 6.07) is 14.6. The summed E-state index contributed by atoms with van der Waals surface area (Å²) in [5, 5.41) is 11.0. The van der Waals surface area contributed by atoms with Gasteiger partial charge in [0, 0.05) is 25.9 Å². The van der Waals surface area contributed by atoms with Crippen molar-refractivity contribution in [3.05, 3.63) is 65.7 Å². The summed E-state index contributed by atoms with van der Waals surface area (Å²) in [6.07, 6.45) is 1.73. The number of nitrogens with two attached hydrogens (primary N) is 1. The molecule has 2 atom stereocenters. The molecule has 1 unspecified atom stereocenters. The lowest BCUT2D eigenvalue weighted by molar-refractivity contribution is -0.130. The highest BCUT2D eigenvalue weighted by Crippen LogP contribution is 2.19. The molecule has 5 amide bonds. The maximum atomic E-state index is 13.2. The Kier molecular flexibility index (Phi) is 12.0. The lowest BCUT2D eigenvalue weighted by atomic mass is 10.1. The number of rotatable bonds is 8. The zero-order valence-electron chi connectivity index (χ0n) is 22.4. The highest BCUT2D eigenvalue weighted by Gasteiger charge is 2.26. The number of benzene rings is 2. The van der Waals surface area contributed by atoms with E-state index in [4.69, 9.17) is 10.5 Å². The van der Waals surface area contributed by atoms with Crippen LogP contribution < -0.4 is 31.7 Å². The van der Waals surface area contributed by atoms with Crippen molar-refractivity contribution in [2.75, 3.05) is 19.7 Å². The van der Waals surface area contributed by atoms with E-state index in [1.165, 1.54) is 0 Å². The van der Waals surface area contributed by atoms with Crippen LogP contribution in [0.25, 0.3) is 0 Å². The Morgan fingerprint density at radius 3 is 2.52 bits per heavy atom. The first kappa shape index (κ1) is 30.1. The molecule has 0 fully saturated rings. The van der Waals surface area contributed by atoms with Gasteiger partial charge >= 0.3 is 0 Å². The Morgan fingerprint density at radius 2 is 1.75 bits per heavy atom. The molecule has 11 heteroatoms. The monoisotopic (exact) mass is 551 g/mol. The molecule has 0 aromatic heterocycles. The van der Waals surface area contributed by atoms with Crippen LogP contribution in [0.4, 0.5) is 0 Å². The third-order valence-corrected chi connectivity index (χ3v) is 6.41. The molecule has 1 heterocycles. The first-order chi connectivity index (χ1) is 19.3. The van der Waals surface area contributed by atoms with Crippen molar-refractivity contribution in [3.63, 3.8) is 0 Å². The van der Waals surface area contributed by atoms with Gasteiger partial charge in [0.05, 0.1) is 12.2 Å². The summed E-state index contributed by atoms with van der Waals surface area (Å²) in [5.41, 5.74) is 6.64. The van der Waals surface area contributed by atoms with Crippen LogP contribution in [0.5, 0.6) is 5.75 Å². The smallest absolute Gasteiger partial charge is 0.255 e.